The van der Waals surface area contributed by atoms with Gasteiger partial charge >= 0.3 is 0 Å². The molecule has 1 aromatic carbocycles. The zero-order chi connectivity index (χ0) is 25.3. The number of thioether (sulfide) groups is 1. The Balaban J connectivity index is 1.55. The van der Waals surface area contributed by atoms with Gasteiger partial charge in [-0.15, -0.1) is 11.8 Å². The monoisotopic (exact) mass is 509 g/mol. The predicted molar refractivity (Wildman–Crippen MR) is 141 cm³/mol. The topological polar surface area (TPSA) is 81.2 Å². The van der Waals surface area contributed by atoms with Crippen LogP contribution in [0.25, 0.3) is 0 Å². The van der Waals surface area contributed by atoms with Crippen LogP contribution in [0.5, 0.6) is 0 Å². The Morgan fingerprint density at radius 1 is 0.972 bits per heavy atom. The molecule has 0 saturated carbocycles. The zero-order valence-electron chi connectivity index (χ0n) is 20.8. The predicted octanol–water partition coefficient (Wildman–Crippen LogP) is 2.86. The van der Waals surface area contributed by atoms with Crippen molar-refractivity contribution in [2.24, 2.45) is 11.8 Å². The molecule has 2 fully saturated rings. The lowest BCUT2D eigenvalue weighted by atomic mass is 9.78. The fourth-order valence-electron chi connectivity index (χ4n) is 6.21. The summed E-state index contributed by atoms with van der Waals surface area (Å²) in [5.74, 6) is -1.31. The van der Waals surface area contributed by atoms with Crippen molar-refractivity contribution in [2.75, 3.05) is 37.7 Å². The third-order valence-corrected chi connectivity index (χ3v) is 9.64. The number of para-hydroxylation sites is 1. The maximum absolute atomic E-state index is 14.1. The molecule has 0 bridgehead atoms. The van der Waals surface area contributed by atoms with Gasteiger partial charge in [0.25, 0.3) is 0 Å². The number of carbonyl (C=O) groups is 3. The first-order valence-electron chi connectivity index (χ1n) is 13.1. The van der Waals surface area contributed by atoms with Crippen LogP contribution in [0, 0.1) is 11.8 Å². The van der Waals surface area contributed by atoms with Crippen LogP contribution in [0.3, 0.4) is 0 Å². The zero-order valence-corrected chi connectivity index (χ0v) is 21.6. The lowest BCUT2D eigenvalue weighted by molar-refractivity contribution is -0.142. The first-order chi connectivity index (χ1) is 17.5. The number of hydrogen-bond donors (Lipinski definition) is 1. The van der Waals surface area contributed by atoms with E-state index < -0.39 is 22.6 Å². The molecule has 5 rings (SSSR count). The lowest BCUT2D eigenvalue weighted by Crippen LogP contribution is -2.53. The van der Waals surface area contributed by atoms with Crippen LogP contribution in [0.2, 0.25) is 0 Å². The van der Waals surface area contributed by atoms with Gasteiger partial charge in [-0.2, -0.15) is 0 Å². The van der Waals surface area contributed by atoms with Gasteiger partial charge in [-0.05, 0) is 31.4 Å². The van der Waals surface area contributed by atoms with Crippen molar-refractivity contribution < 1.29 is 19.5 Å². The SMILES string of the molecule is CCCCN1CC=C[C@]23S[C@H]4C=CCN(c5ccccc5)C(=O)[C@H]4[C@H]2C(=O)N(CCCCO)C3C1=O. The third-order valence-electron chi connectivity index (χ3n) is 7.90. The van der Waals surface area contributed by atoms with Crippen molar-refractivity contribution in [2.45, 2.75) is 48.6 Å². The van der Waals surface area contributed by atoms with Crippen molar-refractivity contribution in [3.63, 3.8) is 0 Å². The summed E-state index contributed by atoms with van der Waals surface area (Å²) in [6, 6.07) is 8.96. The van der Waals surface area contributed by atoms with Crippen molar-refractivity contribution >= 4 is 35.2 Å². The third kappa shape index (κ3) is 4.08. The Kier molecular flexibility index (Phi) is 7.26. The van der Waals surface area contributed by atoms with Crippen LogP contribution < -0.4 is 4.90 Å². The van der Waals surface area contributed by atoms with Gasteiger partial charge in [0.2, 0.25) is 17.7 Å². The van der Waals surface area contributed by atoms with Crippen LogP contribution in [-0.2, 0) is 14.4 Å². The Hall–Kier alpha value is -2.58. The van der Waals surface area contributed by atoms with Crippen LogP contribution in [0.4, 0.5) is 5.69 Å². The second kappa shape index (κ2) is 10.4. The summed E-state index contributed by atoms with van der Waals surface area (Å²) in [4.78, 5) is 47.6. The second-order valence-corrected chi connectivity index (χ2v) is 11.5. The number of likely N-dealkylation sites (tertiary alicyclic amines) is 1. The van der Waals surface area contributed by atoms with Crippen molar-refractivity contribution in [3.05, 3.63) is 54.6 Å². The van der Waals surface area contributed by atoms with E-state index in [9.17, 15) is 19.5 Å². The van der Waals surface area contributed by atoms with Crippen molar-refractivity contribution in [3.8, 4) is 0 Å². The number of anilines is 1. The molecule has 8 heteroatoms. The smallest absolute Gasteiger partial charge is 0.247 e. The average molecular weight is 510 g/mol. The number of rotatable bonds is 8. The van der Waals surface area contributed by atoms with Gasteiger partial charge < -0.3 is 19.8 Å². The fourth-order valence-corrected chi connectivity index (χ4v) is 8.21. The fraction of sp³-hybridized carbons (Fsp3) is 0.536. The Morgan fingerprint density at radius 3 is 2.53 bits per heavy atom. The van der Waals surface area contributed by atoms with Gasteiger partial charge in [-0.1, -0.05) is 55.8 Å². The molecule has 192 valence electrons. The summed E-state index contributed by atoms with van der Waals surface area (Å²) in [5.41, 5.74) is 0.818. The summed E-state index contributed by atoms with van der Waals surface area (Å²) in [6.45, 7) is 4.22. The highest BCUT2D eigenvalue weighted by Gasteiger charge is 2.70. The minimum absolute atomic E-state index is 0.0198. The van der Waals surface area contributed by atoms with Gasteiger partial charge in [0.15, 0.2) is 0 Å². The normalized spacial score (nSPS) is 31.4. The Bertz CT molecular complexity index is 1060. The summed E-state index contributed by atoms with van der Waals surface area (Å²) in [6.07, 6.45) is 11.3. The van der Waals surface area contributed by atoms with E-state index in [0.717, 1.165) is 18.5 Å². The van der Waals surface area contributed by atoms with Crippen molar-refractivity contribution in [1.82, 2.24) is 9.80 Å². The second-order valence-electron chi connectivity index (χ2n) is 10.1. The summed E-state index contributed by atoms with van der Waals surface area (Å²) < 4.78 is -0.774. The maximum Gasteiger partial charge on any atom is 0.247 e. The molecule has 7 nitrogen and oxygen atoms in total. The lowest BCUT2D eigenvalue weighted by Gasteiger charge is -2.35. The summed E-state index contributed by atoms with van der Waals surface area (Å²) >= 11 is 1.62. The van der Waals surface area contributed by atoms with Crippen LogP contribution in [0.1, 0.15) is 32.6 Å². The molecule has 4 aliphatic heterocycles. The van der Waals surface area contributed by atoms with E-state index in [2.05, 4.69) is 19.1 Å². The van der Waals surface area contributed by atoms with E-state index in [1.165, 1.54) is 0 Å². The van der Waals surface area contributed by atoms with E-state index in [-0.39, 0.29) is 29.6 Å². The Labute approximate surface area is 217 Å². The summed E-state index contributed by atoms with van der Waals surface area (Å²) in [5, 5.41) is 9.18. The van der Waals surface area contributed by atoms with Crippen molar-refractivity contribution in [1.29, 1.82) is 0 Å². The Morgan fingerprint density at radius 2 is 1.78 bits per heavy atom. The molecule has 1 N–H and O–H groups in total. The number of nitrogens with zero attached hydrogens (tertiary/aromatic N) is 3. The van der Waals surface area contributed by atoms with E-state index in [0.29, 0.717) is 39.0 Å². The van der Waals surface area contributed by atoms with E-state index in [4.69, 9.17) is 0 Å². The summed E-state index contributed by atoms with van der Waals surface area (Å²) in [7, 11) is 0. The molecule has 0 aromatic heterocycles. The number of carbonyl (C=O) groups excluding carboxylic acids is 3. The molecule has 3 amide bonds. The molecule has 4 aliphatic rings. The molecule has 5 atom stereocenters. The number of unbranched alkanes of at least 4 members (excludes halogenated alkanes) is 2. The first kappa shape index (κ1) is 25.1. The van der Waals surface area contributed by atoms with Crippen LogP contribution in [0.15, 0.2) is 54.6 Å². The first-order valence-corrected chi connectivity index (χ1v) is 14.0. The van der Waals surface area contributed by atoms with Crippen LogP contribution in [-0.4, -0.2) is 81.5 Å². The quantitative estimate of drug-likeness (QED) is 0.431. The highest BCUT2D eigenvalue weighted by molar-refractivity contribution is 8.02. The van der Waals surface area contributed by atoms with E-state index >= 15 is 0 Å². The molecule has 2 saturated heterocycles. The highest BCUT2D eigenvalue weighted by atomic mass is 32.2. The van der Waals surface area contributed by atoms with Gasteiger partial charge in [0.1, 0.15) is 6.04 Å². The number of benzene rings is 1. The average Bonchev–Trinajstić information content (AvgIpc) is 3.19. The molecule has 1 spiro atoms. The van der Waals surface area contributed by atoms with Crippen LogP contribution >= 0.6 is 11.8 Å². The number of aliphatic hydroxyl groups excluding tert-OH is 1. The molecule has 0 radical (unpaired) electrons. The molecule has 0 aliphatic carbocycles. The molecular formula is C28H35N3O4S. The van der Waals surface area contributed by atoms with E-state index in [1.54, 1.807) is 21.6 Å². The van der Waals surface area contributed by atoms with Gasteiger partial charge in [-0.3, -0.25) is 14.4 Å². The standard InChI is InChI=1S/C28H35N3O4S/c1-2-3-15-29-16-10-14-28-23(26(34)31(17-7-8-19-32)24(28)27(29)35)22-21(36-28)13-9-18-30(25(22)33)20-11-5-4-6-12-20/h4-6,9-14,21-24,32H,2-3,7-8,15-19H2,1H3/t21-,22+,23-,24?,28-/m0/s1. The molecule has 36 heavy (non-hydrogen) atoms. The molecule has 1 aromatic rings. The van der Waals surface area contributed by atoms with Gasteiger partial charge in [0, 0.05) is 43.7 Å². The van der Waals surface area contributed by atoms with E-state index in [1.807, 2.05) is 47.4 Å². The molecule has 4 heterocycles. The number of fused-ring (bicyclic) bond motifs is 2. The minimum Gasteiger partial charge on any atom is -0.396 e. The number of amides is 3. The number of hydrogen-bond acceptors (Lipinski definition) is 5. The molecular weight excluding hydrogens is 474 g/mol. The molecule has 1 unspecified atom stereocenters. The highest BCUT2D eigenvalue weighted by Crippen LogP contribution is 2.61. The number of aliphatic hydroxyl groups is 1. The maximum atomic E-state index is 14.1. The van der Waals surface area contributed by atoms with Gasteiger partial charge in [0.05, 0.1) is 16.6 Å². The van der Waals surface area contributed by atoms with Gasteiger partial charge in [-0.25, -0.2) is 0 Å². The minimum atomic E-state index is -0.774. The largest absolute Gasteiger partial charge is 0.396 e.